The molecule has 1 amide bonds. The lowest BCUT2D eigenvalue weighted by atomic mass is 9.99. The molecule has 2 heterocycles. The molecule has 3 rings (SSSR count). The summed E-state index contributed by atoms with van der Waals surface area (Å²) < 4.78 is 12.5. The minimum Gasteiger partial charge on any atom is -0.497 e. The van der Waals surface area contributed by atoms with Gasteiger partial charge in [-0.05, 0) is 43.0 Å². The number of carbonyl (C=O) groups is 1. The lowest BCUT2D eigenvalue weighted by molar-refractivity contribution is 0.0690. The molecule has 1 saturated heterocycles. The number of rotatable bonds is 4. The number of amides is 1. The summed E-state index contributed by atoms with van der Waals surface area (Å²) in [5, 5.41) is 4.44. The molecule has 1 aromatic carbocycles. The summed E-state index contributed by atoms with van der Waals surface area (Å²) in [6.45, 7) is 3.83. The maximum Gasteiger partial charge on any atom is 0.274 e. The first-order valence-electron chi connectivity index (χ1n) is 8.59. The van der Waals surface area contributed by atoms with Crippen LogP contribution in [0.4, 0.5) is 0 Å². The fourth-order valence-corrected chi connectivity index (χ4v) is 3.21. The number of benzene rings is 1. The topological polar surface area (TPSA) is 56.6 Å². The van der Waals surface area contributed by atoms with Gasteiger partial charge >= 0.3 is 0 Å². The predicted molar refractivity (Wildman–Crippen MR) is 96.0 cm³/mol. The summed E-state index contributed by atoms with van der Waals surface area (Å²) in [4.78, 5) is 14.7. The van der Waals surface area contributed by atoms with Crippen LogP contribution in [0.3, 0.4) is 0 Å². The van der Waals surface area contributed by atoms with Gasteiger partial charge < -0.3 is 14.4 Å². The molecular weight excluding hydrogens is 318 g/mol. The molecule has 1 aromatic heterocycles. The molecule has 1 fully saturated rings. The zero-order chi connectivity index (χ0) is 18.0. The second kappa shape index (κ2) is 7.17. The van der Waals surface area contributed by atoms with E-state index in [2.05, 4.69) is 12.0 Å². The number of hydrogen-bond acceptors (Lipinski definition) is 4. The Bertz CT molecular complexity index is 761. The van der Waals surface area contributed by atoms with Gasteiger partial charge in [0.05, 0.1) is 19.9 Å². The molecule has 0 saturated carbocycles. The fourth-order valence-electron chi connectivity index (χ4n) is 3.21. The van der Waals surface area contributed by atoms with Gasteiger partial charge in [0.2, 0.25) is 0 Å². The standard InChI is InChI=1S/C19H25N3O3/c1-13-7-9-22(10-8-13)19(23)16-12-17(21(2)20-16)15-11-14(24-3)5-6-18(15)25-4/h5-6,11-13H,7-10H2,1-4H3. The van der Waals surface area contributed by atoms with Crippen LogP contribution >= 0.6 is 0 Å². The van der Waals surface area contributed by atoms with Gasteiger partial charge in [-0.1, -0.05) is 6.92 Å². The number of ether oxygens (including phenoxy) is 2. The van der Waals surface area contributed by atoms with Crippen LogP contribution < -0.4 is 9.47 Å². The van der Waals surface area contributed by atoms with E-state index in [1.165, 1.54) is 0 Å². The second-order valence-electron chi connectivity index (χ2n) is 6.58. The van der Waals surface area contributed by atoms with Gasteiger partial charge in [-0.3, -0.25) is 9.48 Å². The number of nitrogens with zero attached hydrogens (tertiary/aromatic N) is 3. The normalized spacial score (nSPS) is 15.3. The average Bonchev–Trinajstić information content (AvgIpc) is 3.02. The molecule has 1 aliphatic heterocycles. The zero-order valence-electron chi connectivity index (χ0n) is 15.3. The van der Waals surface area contributed by atoms with E-state index >= 15 is 0 Å². The molecule has 0 unspecified atom stereocenters. The summed E-state index contributed by atoms with van der Waals surface area (Å²) in [6, 6.07) is 7.43. The Kier molecular flexibility index (Phi) is 4.97. The molecule has 1 aliphatic rings. The minimum absolute atomic E-state index is 0.00406. The van der Waals surface area contributed by atoms with Crippen molar-refractivity contribution < 1.29 is 14.3 Å². The number of hydrogen-bond donors (Lipinski definition) is 0. The highest BCUT2D eigenvalue weighted by Gasteiger charge is 2.24. The monoisotopic (exact) mass is 343 g/mol. The van der Waals surface area contributed by atoms with Crippen molar-refractivity contribution in [3.63, 3.8) is 0 Å². The largest absolute Gasteiger partial charge is 0.497 e. The molecule has 0 N–H and O–H groups in total. The molecule has 6 heteroatoms. The first-order valence-corrected chi connectivity index (χ1v) is 8.59. The summed E-state index contributed by atoms with van der Waals surface area (Å²) in [5.74, 6) is 2.13. The third-order valence-electron chi connectivity index (χ3n) is 4.85. The Labute approximate surface area is 148 Å². The van der Waals surface area contributed by atoms with Gasteiger partial charge in [0, 0.05) is 25.7 Å². The van der Waals surface area contributed by atoms with E-state index in [0.29, 0.717) is 11.6 Å². The summed E-state index contributed by atoms with van der Waals surface area (Å²) in [5.41, 5.74) is 2.14. The van der Waals surface area contributed by atoms with E-state index in [1.54, 1.807) is 18.9 Å². The van der Waals surface area contributed by atoms with Crippen LogP contribution in [0.2, 0.25) is 0 Å². The smallest absolute Gasteiger partial charge is 0.274 e. The van der Waals surface area contributed by atoms with Crippen molar-refractivity contribution in [2.75, 3.05) is 27.3 Å². The van der Waals surface area contributed by atoms with Crippen molar-refractivity contribution >= 4 is 5.91 Å². The molecule has 2 aromatic rings. The third kappa shape index (κ3) is 3.48. The molecule has 0 radical (unpaired) electrons. The van der Waals surface area contributed by atoms with E-state index in [9.17, 15) is 4.79 Å². The fraction of sp³-hybridized carbons (Fsp3) is 0.474. The molecular formula is C19H25N3O3. The Morgan fingerprint density at radius 2 is 1.88 bits per heavy atom. The number of methoxy groups -OCH3 is 2. The molecule has 134 valence electrons. The van der Waals surface area contributed by atoms with Crippen LogP contribution in [0, 0.1) is 5.92 Å². The van der Waals surface area contributed by atoms with Crippen molar-refractivity contribution in [3.8, 4) is 22.8 Å². The Morgan fingerprint density at radius 3 is 2.52 bits per heavy atom. The Morgan fingerprint density at radius 1 is 1.16 bits per heavy atom. The highest BCUT2D eigenvalue weighted by Crippen LogP contribution is 2.33. The van der Waals surface area contributed by atoms with Crippen LogP contribution in [0.1, 0.15) is 30.3 Å². The quantitative estimate of drug-likeness (QED) is 0.856. The number of aromatic nitrogens is 2. The molecule has 25 heavy (non-hydrogen) atoms. The van der Waals surface area contributed by atoms with Gasteiger partial charge in [-0.2, -0.15) is 5.10 Å². The third-order valence-corrected chi connectivity index (χ3v) is 4.85. The second-order valence-corrected chi connectivity index (χ2v) is 6.58. The molecule has 0 aliphatic carbocycles. The molecule has 0 spiro atoms. The molecule has 0 bridgehead atoms. The van der Waals surface area contributed by atoms with E-state index in [4.69, 9.17) is 9.47 Å². The number of likely N-dealkylation sites (tertiary alicyclic amines) is 1. The first kappa shape index (κ1) is 17.3. The van der Waals surface area contributed by atoms with E-state index in [1.807, 2.05) is 36.2 Å². The highest BCUT2D eigenvalue weighted by atomic mass is 16.5. The van der Waals surface area contributed by atoms with Gasteiger partial charge in [0.15, 0.2) is 5.69 Å². The van der Waals surface area contributed by atoms with Crippen LogP contribution in [-0.4, -0.2) is 47.9 Å². The SMILES string of the molecule is COc1ccc(OC)c(-c2cc(C(=O)N3CCC(C)CC3)nn2C)c1. The molecule has 6 nitrogen and oxygen atoms in total. The van der Waals surface area contributed by atoms with Crippen molar-refractivity contribution in [2.24, 2.45) is 13.0 Å². The number of aryl methyl sites for hydroxylation is 1. The van der Waals surface area contributed by atoms with Gasteiger partial charge in [0.25, 0.3) is 5.91 Å². The van der Waals surface area contributed by atoms with Crippen molar-refractivity contribution in [1.82, 2.24) is 14.7 Å². The van der Waals surface area contributed by atoms with Crippen molar-refractivity contribution in [1.29, 1.82) is 0 Å². The maximum absolute atomic E-state index is 12.8. The minimum atomic E-state index is -0.00406. The first-order chi connectivity index (χ1) is 12.0. The summed E-state index contributed by atoms with van der Waals surface area (Å²) in [7, 11) is 5.09. The summed E-state index contributed by atoms with van der Waals surface area (Å²) in [6.07, 6.45) is 2.10. The lowest BCUT2D eigenvalue weighted by Gasteiger charge is -2.29. The van der Waals surface area contributed by atoms with Gasteiger partial charge in [-0.15, -0.1) is 0 Å². The van der Waals surface area contributed by atoms with Crippen LogP contribution in [0.15, 0.2) is 24.3 Å². The van der Waals surface area contributed by atoms with Crippen molar-refractivity contribution in [3.05, 3.63) is 30.0 Å². The van der Waals surface area contributed by atoms with Crippen LogP contribution in [-0.2, 0) is 7.05 Å². The van der Waals surface area contributed by atoms with Crippen LogP contribution in [0.5, 0.6) is 11.5 Å². The Hall–Kier alpha value is -2.50. The predicted octanol–water partition coefficient (Wildman–Crippen LogP) is 2.98. The number of carbonyl (C=O) groups excluding carboxylic acids is 1. The van der Waals surface area contributed by atoms with E-state index in [0.717, 1.165) is 48.7 Å². The average molecular weight is 343 g/mol. The van der Waals surface area contributed by atoms with Crippen LogP contribution in [0.25, 0.3) is 11.3 Å². The lowest BCUT2D eigenvalue weighted by Crippen LogP contribution is -2.38. The van der Waals surface area contributed by atoms with E-state index < -0.39 is 0 Å². The number of piperidine rings is 1. The maximum atomic E-state index is 12.8. The zero-order valence-corrected chi connectivity index (χ0v) is 15.3. The summed E-state index contributed by atoms with van der Waals surface area (Å²) >= 11 is 0. The van der Waals surface area contributed by atoms with Gasteiger partial charge in [-0.25, -0.2) is 0 Å². The Balaban J connectivity index is 1.91. The van der Waals surface area contributed by atoms with E-state index in [-0.39, 0.29) is 5.91 Å². The highest BCUT2D eigenvalue weighted by molar-refractivity contribution is 5.93. The van der Waals surface area contributed by atoms with Crippen molar-refractivity contribution in [2.45, 2.75) is 19.8 Å². The van der Waals surface area contributed by atoms with Gasteiger partial charge in [0.1, 0.15) is 11.5 Å². The molecule has 0 atom stereocenters.